The third-order valence-corrected chi connectivity index (χ3v) is 4.43. The molecule has 0 aromatic heterocycles. The summed E-state index contributed by atoms with van der Waals surface area (Å²) in [5.41, 5.74) is 5.96. The van der Waals surface area contributed by atoms with Crippen molar-refractivity contribution in [3.63, 3.8) is 0 Å². The molecule has 1 rings (SSSR count). The van der Waals surface area contributed by atoms with E-state index in [0.29, 0.717) is 12.0 Å². The van der Waals surface area contributed by atoms with Crippen LogP contribution in [-0.2, 0) is 4.74 Å². The number of nitrogens with zero attached hydrogens (tertiary/aromatic N) is 1. The van der Waals surface area contributed by atoms with Gasteiger partial charge in [-0.2, -0.15) is 0 Å². The van der Waals surface area contributed by atoms with E-state index in [4.69, 9.17) is 10.5 Å². The normalized spacial score (nSPS) is 24.8. The summed E-state index contributed by atoms with van der Waals surface area (Å²) < 4.78 is 5.08. The molecule has 0 aromatic carbocycles. The molecule has 1 amide bonds. The summed E-state index contributed by atoms with van der Waals surface area (Å²) in [5, 5.41) is 3.90. The summed E-state index contributed by atoms with van der Waals surface area (Å²) in [7, 11) is 0. The molecule has 5 nitrogen and oxygen atoms in total. The van der Waals surface area contributed by atoms with Gasteiger partial charge in [-0.1, -0.05) is 6.92 Å². The Kier molecular flexibility index (Phi) is 8.11. The monoisotopic (exact) mass is 315 g/mol. The first kappa shape index (κ1) is 18.3. The number of rotatable bonds is 5. The number of carbonyl (C=O) groups is 1. The predicted octanol–water partition coefficient (Wildman–Crippen LogP) is 3.14. The minimum absolute atomic E-state index is 0.120. The molecule has 6 heteroatoms. The lowest BCUT2D eigenvalue weighted by Gasteiger charge is -2.27. The van der Waals surface area contributed by atoms with Crippen molar-refractivity contribution in [3.05, 3.63) is 0 Å². The van der Waals surface area contributed by atoms with Crippen molar-refractivity contribution in [1.82, 2.24) is 5.32 Å². The molecule has 1 aliphatic rings. The maximum absolute atomic E-state index is 11.6. The molecule has 0 bridgehead atoms. The van der Waals surface area contributed by atoms with Crippen molar-refractivity contribution in [2.24, 2.45) is 16.6 Å². The maximum Gasteiger partial charge on any atom is 0.409 e. The fraction of sp³-hybridized carbons (Fsp3) is 0.867. The fourth-order valence-electron chi connectivity index (χ4n) is 2.42. The van der Waals surface area contributed by atoms with Gasteiger partial charge in [0.15, 0.2) is 0 Å². The first-order valence-electron chi connectivity index (χ1n) is 7.85. The van der Waals surface area contributed by atoms with Gasteiger partial charge < -0.3 is 10.5 Å². The van der Waals surface area contributed by atoms with Crippen molar-refractivity contribution in [1.29, 1.82) is 0 Å². The summed E-state index contributed by atoms with van der Waals surface area (Å²) in [5.74, 6) is 1.48. The van der Waals surface area contributed by atoms with E-state index in [1.165, 1.54) is 0 Å². The summed E-state index contributed by atoms with van der Waals surface area (Å²) in [6.07, 6.45) is 3.52. The van der Waals surface area contributed by atoms with Crippen LogP contribution in [0.25, 0.3) is 0 Å². The second-order valence-corrected chi connectivity index (χ2v) is 7.07. The van der Waals surface area contributed by atoms with E-state index >= 15 is 0 Å². The molecule has 1 aliphatic carbocycles. The van der Waals surface area contributed by atoms with E-state index < -0.39 is 6.09 Å². The van der Waals surface area contributed by atoms with Gasteiger partial charge in [0.25, 0.3) is 0 Å². The van der Waals surface area contributed by atoms with Crippen molar-refractivity contribution >= 4 is 22.9 Å². The number of nitrogens with one attached hydrogen (secondary N) is 1. The minimum atomic E-state index is -0.409. The summed E-state index contributed by atoms with van der Waals surface area (Å²) in [4.78, 5) is 16.3. The first-order valence-corrected chi connectivity index (χ1v) is 8.84. The number of hydrogen-bond acceptors (Lipinski definition) is 5. The van der Waals surface area contributed by atoms with Crippen molar-refractivity contribution in [2.75, 3.05) is 5.75 Å². The van der Waals surface area contributed by atoms with Gasteiger partial charge in [0.1, 0.15) is 6.17 Å². The summed E-state index contributed by atoms with van der Waals surface area (Å²) >= 11 is 1.77. The maximum atomic E-state index is 11.6. The molecule has 0 saturated heterocycles. The molecule has 1 atom stereocenters. The Bertz CT molecular complexity index is 353. The number of amides is 1. The van der Waals surface area contributed by atoms with Crippen LogP contribution in [0.15, 0.2) is 4.99 Å². The molecule has 0 spiro atoms. The smallest absolute Gasteiger partial charge is 0.409 e. The van der Waals surface area contributed by atoms with Crippen molar-refractivity contribution in [2.45, 2.75) is 71.7 Å². The third-order valence-electron chi connectivity index (χ3n) is 3.40. The lowest BCUT2D eigenvalue weighted by molar-refractivity contribution is 0.113. The highest BCUT2D eigenvalue weighted by Crippen LogP contribution is 2.29. The number of thioether (sulfide) groups is 1. The average Bonchev–Trinajstić information content (AvgIpc) is 2.37. The van der Waals surface area contributed by atoms with Crippen LogP contribution in [0.1, 0.15) is 53.4 Å². The average molecular weight is 315 g/mol. The summed E-state index contributed by atoms with van der Waals surface area (Å²) in [6, 6.07) is 0.339. The molecule has 21 heavy (non-hydrogen) atoms. The number of ether oxygens (including phenoxy) is 1. The van der Waals surface area contributed by atoms with Crippen LogP contribution in [-0.4, -0.2) is 35.2 Å². The zero-order chi connectivity index (χ0) is 15.8. The van der Waals surface area contributed by atoms with Gasteiger partial charge in [-0.3, -0.25) is 10.3 Å². The van der Waals surface area contributed by atoms with Gasteiger partial charge in [0.05, 0.1) is 11.1 Å². The molecule has 0 aromatic rings. The molecular weight excluding hydrogens is 286 g/mol. The molecule has 3 N–H and O–H groups in total. The zero-order valence-electron chi connectivity index (χ0n) is 13.6. The van der Waals surface area contributed by atoms with Crippen LogP contribution in [0.5, 0.6) is 0 Å². The van der Waals surface area contributed by atoms with Gasteiger partial charge >= 0.3 is 6.09 Å². The zero-order valence-corrected chi connectivity index (χ0v) is 14.4. The minimum Gasteiger partial charge on any atom is -0.447 e. The Labute approximate surface area is 132 Å². The highest BCUT2D eigenvalue weighted by atomic mass is 32.2. The Morgan fingerprint density at radius 3 is 2.48 bits per heavy atom. The molecule has 1 saturated carbocycles. The number of aliphatic imine (C=N–C) groups is 1. The van der Waals surface area contributed by atoms with Crippen molar-refractivity contribution < 1.29 is 9.53 Å². The second-order valence-electron chi connectivity index (χ2n) is 5.79. The predicted molar refractivity (Wildman–Crippen MR) is 89.7 cm³/mol. The second kappa shape index (κ2) is 9.30. The van der Waals surface area contributed by atoms with Crippen LogP contribution < -0.4 is 11.1 Å². The fourth-order valence-corrected chi connectivity index (χ4v) is 3.42. The van der Waals surface area contributed by atoms with Crippen LogP contribution >= 0.6 is 11.8 Å². The number of carbonyl (C=O) groups excluding carboxylic acids is 1. The molecule has 1 unspecified atom stereocenters. The SMILES string of the molecule is CCS/C(=N\C(C)NC(=O)OC(C)C)C1CCC(N)CC1. The lowest BCUT2D eigenvalue weighted by atomic mass is 9.87. The highest BCUT2D eigenvalue weighted by Gasteiger charge is 2.23. The number of nitrogens with two attached hydrogens (primary N) is 1. The van der Waals surface area contributed by atoms with Gasteiger partial charge in [0.2, 0.25) is 0 Å². The lowest BCUT2D eigenvalue weighted by Crippen LogP contribution is -2.35. The van der Waals surface area contributed by atoms with Gasteiger partial charge in [0, 0.05) is 12.0 Å². The molecule has 0 radical (unpaired) electrons. The van der Waals surface area contributed by atoms with E-state index in [1.54, 1.807) is 11.8 Å². The molecule has 0 heterocycles. The number of hydrogen-bond donors (Lipinski definition) is 2. The molecule has 0 aliphatic heterocycles. The van der Waals surface area contributed by atoms with Gasteiger partial charge in [-0.05, 0) is 52.2 Å². The topological polar surface area (TPSA) is 76.7 Å². The van der Waals surface area contributed by atoms with E-state index in [1.807, 2.05) is 20.8 Å². The Hall–Kier alpha value is -0.750. The molecule has 1 fully saturated rings. The first-order chi connectivity index (χ1) is 9.92. The van der Waals surface area contributed by atoms with Crippen LogP contribution in [0.3, 0.4) is 0 Å². The van der Waals surface area contributed by atoms with Gasteiger partial charge in [-0.15, -0.1) is 11.8 Å². The van der Waals surface area contributed by atoms with E-state index in [0.717, 1.165) is 36.5 Å². The van der Waals surface area contributed by atoms with E-state index in [-0.39, 0.29) is 12.3 Å². The Morgan fingerprint density at radius 1 is 1.33 bits per heavy atom. The molecule has 122 valence electrons. The Balaban J connectivity index is 2.59. The van der Waals surface area contributed by atoms with E-state index in [9.17, 15) is 4.79 Å². The quantitative estimate of drug-likeness (QED) is 0.603. The standard InChI is InChI=1S/C15H29N3O2S/c1-5-21-14(12-6-8-13(16)9-7-12)17-11(4)18-15(19)20-10(2)3/h10-13H,5-9,16H2,1-4H3,(H,18,19)/b17-14-. The molecular formula is C15H29N3O2S. The largest absolute Gasteiger partial charge is 0.447 e. The van der Waals surface area contributed by atoms with Crippen LogP contribution in [0, 0.1) is 5.92 Å². The number of alkyl carbamates (subject to hydrolysis) is 1. The van der Waals surface area contributed by atoms with Gasteiger partial charge in [-0.25, -0.2) is 4.79 Å². The Morgan fingerprint density at radius 2 is 1.95 bits per heavy atom. The van der Waals surface area contributed by atoms with Crippen LogP contribution in [0.4, 0.5) is 4.79 Å². The van der Waals surface area contributed by atoms with E-state index in [2.05, 4.69) is 17.2 Å². The van der Waals surface area contributed by atoms with Crippen molar-refractivity contribution in [3.8, 4) is 0 Å². The highest BCUT2D eigenvalue weighted by molar-refractivity contribution is 8.13. The third kappa shape index (κ3) is 7.18. The summed E-state index contributed by atoms with van der Waals surface area (Å²) in [6.45, 7) is 7.67. The van der Waals surface area contributed by atoms with Crippen LogP contribution in [0.2, 0.25) is 0 Å².